The highest BCUT2D eigenvalue weighted by molar-refractivity contribution is 7.93. The van der Waals surface area contributed by atoms with Crippen LogP contribution in [-0.4, -0.2) is 23.9 Å². The van der Waals surface area contributed by atoms with E-state index < -0.39 is 20.0 Å². The fourth-order valence-electron chi connectivity index (χ4n) is 3.00. The van der Waals surface area contributed by atoms with Gasteiger partial charge in [0.2, 0.25) is 0 Å². The first-order valence-electron chi connectivity index (χ1n) is 9.63. The molecule has 0 spiro atoms. The Bertz CT molecular complexity index is 1260. The van der Waals surface area contributed by atoms with Crippen molar-refractivity contribution in [1.82, 2.24) is 0 Å². The van der Waals surface area contributed by atoms with Crippen molar-refractivity contribution in [2.45, 2.75) is 29.6 Å². The van der Waals surface area contributed by atoms with Gasteiger partial charge in [0.25, 0.3) is 20.0 Å². The van der Waals surface area contributed by atoms with Crippen LogP contribution < -0.4 is 14.2 Å². The fraction of sp³-hybridized carbons (Fsp3) is 0.182. The van der Waals surface area contributed by atoms with Gasteiger partial charge in [-0.1, -0.05) is 43.7 Å². The van der Waals surface area contributed by atoms with Gasteiger partial charge in [-0.05, 0) is 54.4 Å². The van der Waals surface area contributed by atoms with E-state index in [0.29, 0.717) is 5.75 Å². The van der Waals surface area contributed by atoms with Crippen LogP contribution >= 0.6 is 0 Å². The Kier molecular flexibility index (Phi) is 6.87. The number of nitrogens with one attached hydrogen (secondary N) is 2. The molecular formula is C22H24N2O5S2. The number of ether oxygens (including phenoxy) is 1. The zero-order chi connectivity index (χ0) is 22.5. The molecule has 0 aliphatic heterocycles. The molecule has 9 heteroatoms. The van der Waals surface area contributed by atoms with Gasteiger partial charge in [-0.15, -0.1) is 0 Å². The molecule has 7 nitrogen and oxygen atoms in total. The second kappa shape index (κ2) is 9.40. The summed E-state index contributed by atoms with van der Waals surface area (Å²) in [5.41, 5.74) is 1.47. The second-order valence-corrected chi connectivity index (χ2v) is 10.2. The predicted octanol–water partition coefficient (Wildman–Crippen LogP) is 4.25. The van der Waals surface area contributed by atoms with Crippen molar-refractivity contribution >= 4 is 31.4 Å². The van der Waals surface area contributed by atoms with Crippen LogP contribution in [0.5, 0.6) is 5.75 Å². The van der Waals surface area contributed by atoms with Crippen LogP contribution in [0.2, 0.25) is 0 Å². The van der Waals surface area contributed by atoms with Crippen LogP contribution in [0.1, 0.15) is 18.9 Å². The van der Waals surface area contributed by atoms with Gasteiger partial charge in [-0.3, -0.25) is 9.44 Å². The van der Waals surface area contributed by atoms with E-state index in [0.717, 1.165) is 18.4 Å². The highest BCUT2D eigenvalue weighted by atomic mass is 32.2. The monoisotopic (exact) mass is 460 g/mol. The highest BCUT2D eigenvalue weighted by Crippen LogP contribution is 2.27. The normalized spacial score (nSPS) is 11.7. The van der Waals surface area contributed by atoms with Gasteiger partial charge in [0.1, 0.15) is 5.75 Å². The van der Waals surface area contributed by atoms with Gasteiger partial charge in [-0.2, -0.15) is 0 Å². The molecule has 0 saturated heterocycles. The molecule has 3 aromatic rings. The molecule has 0 aliphatic carbocycles. The number of rotatable bonds is 9. The number of benzene rings is 3. The lowest BCUT2D eigenvalue weighted by Gasteiger charge is -2.13. The van der Waals surface area contributed by atoms with Crippen molar-refractivity contribution in [1.29, 1.82) is 0 Å². The molecule has 0 bridgehead atoms. The summed E-state index contributed by atoms with van der Waals surface area (Å²) in [6.07, 6.45) is 1.83. The minimum atomic E-state index is -3.97. The summed E-state index contributed by atoms with van der Waals surface area (Å²) in [5, 5.41) is 0. The van der Waals surface area contributed by atoms with E-state index in [1.807, 2.05) is 0 Å². The molecule has 0 amide bonds. The van der Waals surface area contributed by atoms with Crippen molar-refractivity contribution in [2.75, 3.05) is 16.6 Å². The highest BCUT2D eigenvalue weighted by Gasteiger charge is 2.19. The molecule has 0 unspecified atom stereocenters. The maximum Gasteiger partial charge on any atom is 0.262 e. The van der Waals surface area contributed by atoms with E-state index >= 15 is 0 Å². The van der Waals surface area contributed by atoms with E-state index in [2.05, 4.69) is 16.4 Å². The Morgan fingerprint density at radius 3 is 2.13 bits per heavy atom. The summed E-state index contributed by atoms with van der Waals surface area (Å²) in [7, 11) is -6.39. The topological polar surface area (TPSA) is 102 Å². The molecule has 2 N–H and O–H groups in total. The molecule has 0 radical (unpaired) electrons. The predicted molar refractivity (Wildman–Crippen MR) is 121 cm³/mol. The molecule has 0 atom stereocenters. The van der Waals surface area contributed by atoms with Crippen LogP contribution in [0.3, 0.4) is 0 Å². The maximum absolute atomic E-state index is 12.8. The van der Waals surface area contributed by atoms with Crippen molar-refractivity contribution in [3.8, 4) is 5.75 Å². The summed E-state index contributed by atoms with van der Waals surface area (Å²) in [4.78, 5) is 0.0182. The minimum Gasteiger partial charge on any atom is -0.495 e. The minimum absolute atomic E-state index is 0.0862. The van der Waals surface area contributed by atoms with E-state index in [1.54, 1.807) is 36.4 Å². The lowest BCUT2D eigenvalue weighted by Crippen LogP contribution is -2.16. The molecule has 31 heavy (non-hydrogen) atoms. The summed E-state index contributed by atoms with van der Waals surface area (Å²) >= 11 is 0. The zero-order valence-corrected chi connectivity index (χ0v) is 18.8. The van der Waals surface area contributed by atoms with E-state index in [4.69, 9.17) is 4.74 Å². The van der Waals surface area contributed by atoms with Gasteiger partial charge < -0.3 is 4.74 Å². The third kappa shape index (κ3) is 5.56. The molecule has 0 aliphatic rings. The Morgan fingerprint density at radius 1 is 0.774 bits per heavy atom. The fourth-order valence-corrected chi connectivity index (χ4v) is 5.16. The maximum atomic E-state index is 12.8. The number of anilines is 2. The van der Waals surface area contributed by atoms with Crippen molar-refractivity contribution < 1.29 is 21.6 Å². The quantitative estimate of drug-likeness (QED) is 0.497. The number of para-hydroxylation sites is 2. The smallest absolute Gasteiger partial charge is 0.262 e. The van der Waals surface area contributed by atoms with Gasteiger partial charge in [0.05, 0.1) is 28.3 Å². The van der Waals surface area contributed by atoms with Gasteiger partial charge in [-0.25, -0.2) is 16.8 Å². The summed E-state index contributed by atoms with van der Waals surface area (Å²) in [5.74, 6) is 0.370. The number of hydrogen-bond acceptors (Lipinski definition) is 5. The number of methoxy groups -OCH3 is 1. The Morgan fingerprint density at radius 2 is 1.45 bits per heavy atom. The average molecular weight is 461 g/mol. The number of hydrogen-bond donors (Lipinski definition) is 2. The third-order valence-corrected chi connectivity index (χ3v) is 7.28. The largest absolute Gasteiger partial charge is 0.495 e. The van der Waals surface area contributed by atoms with Crippen LogP contribution in [0.15, 0.2) is 82.6 Å². The van der Waals surface area contributed by atoms with E-state index in [1.165, 1.54) is 43.5 Å². The average Bonchev–Trinajstić information content (AvgIpc) is 2.74. The number of aryl methyl sites for hydroxylation is 1. The standard InChI is InChI=1S/C22H24N2O5S2/c1-3-7-17-12-14-19(15-13-17)30(25,26)23-18-8-6-9-20(16-18)31(27,28)24-21-10-4-5-11-22(21)29-2/h4-6,8-16,23-24H,3,7H2,1-2H3. The Balaban J connectivity index is 1.83. The van der Waals surface area contributed by atoms with Gasteiger partial charge in [0, 0.05) is 0 Å². The molecule has 0 fully saturated rings. The van der Waals surface area contributed by atoms with E-state index in [9.17, 15) is 16.8 Å². The molecular weight excluding hydrogens is 436 g/mol. The Hall–Kier alpha value is -3.04. The number of sulfonamides is 2. The second-order valence-electron chi connectivity index (χ2n) is 6.83. The van der Waals surface area contributed by atoms with Crippen LogP contribution in [0.25, 0.3) is 0 Å². The summed E-state index contributed by atoms with van der Waals surface area (Å²) < 4.78 is 61.1. The Labute approximate surface area is 183 Å². The molecule has 0 saturated carbocycles. The zero-order valence-electron chi connectivity index (χ0n) is 17.2. The molecule has 164 valence electrons. The molecule has 0 heterocycles. The van der Waals surface area contributed by atoms with E-state index in [-0.39, 0.29) is 21.2 Å². The third-order valence-electron chi connectivity index (χ3n) is 4.52. The van der Waals surface area contributed by atoms with Crippen molar-refractivity contribution in [2.24, 2.45) is 0 Å². The van der Waals surface area contributed by atoms with Gasteiger partial charge >= 0.3 is 0 Å². The first kappa shape index (κ1) is 22.6. The molecule has 3 aromatic carbocycles. The first-order chi connectivity index (χ1) is 14.7. The van der Waals surface area contributed by atoms with Crippen LogP contribution in [-0.2, 0) is 26.5 Å². The van der Waals surface area contributed by atoms with Crippen molar-refractivity contribution in [3.05, 3.63) is 78.4 Å². The summed E-state index contributed by atoms with van der Waals surface area (Å²) in [6.45, 7) is 2.05. The van der Waals surface area contributed by atoms with Crippen LogP contribution in [0.4, 0.5) is 11.4 Å². The molecule has 3 rings (SSSR count). The lowest BCUT2D eigenvalue weighted by molar-refractivity contribution is 0.417. The lowest BCUT2D eigenvalue weighted by atomic mass is 10.1. The first-order valence-corrected chi connectivity index (χ1v) is 12.6. The summed E-state index contributed by atoms with van der Waals surface area (Å²) in [6, 6.07) is 18.8. The van der Waals surface area contributed by atoms with Crippen molar-refractivity contribution in [3.63, 3.8) is 0 Å². The SMILES string of the molecule is CCCc1ccc(S(=O)(=O)Nc2cccc(S(=O)(=O)Nc3ccccc3OC)c2)cc1. The van der Waals surface area contributed by atoms with Gasteiger partial charge in [0.15, 0.2) is 0 Å². The molecule has 0 aromatic heterocycles. The van der Waals surface area contributed by atoms with Crippen LogP contribution in [0, 0.1) is 0 Å².